The van der Waals surface area contributed by atoms with Crippen molar-refractivity contribution in [2.45, 2.75) is 52.4 Å². The smallest absolute Gasteiger partial charge is 0.253 e. The van der Waals surface area contributed by atoms with Crippen molar-refractivity contribution in [2.75, 3.05) is 32.7 Å². The van der Waals surface area contributed by atoms with Crippen LogP contribution in [-0.2, 0) is 11.3 Å². The van der Waals surface area contributed by atoms with E-state index in [1.165, 1.54) is 0 Å². The van der Waals surface area contributed by atoms with E-state index in [0.717, 1.165) is 56.3 Å². The van der Waals surface area contributed by atoms with Crippen LogP contribution in [0.4, 0.5) is 0 Å². The molecule has 2 unspecified atom stereocenters. The van der Waals surface area contributed by atoms with E-state index in [-0.39, 0.29) is 5.91 Å². The number of ether oxygens (including phenoxy) is 2. The topological polar surface area (TPSA) is 54.9 Å². The third-order valence-corrected chi connectivity index (χ3v) is 6.87. The van der Waals surface area contributed by atoms with Gasteiger partial charge in [-0.3, -0.25) is 9.69 Å². The van der Waals surface area contributed by atoms with Gasteiger partial charge >= 0.3 is 0 Å². The number of amides is 1. The summed E-state index contributed by atoms with van der Waals surface area (Å²) in [6.07, 6.45) is 2.73. The molecule has 2 aromatic rings. The van der Waals surface area contributed by atoms with Crippen LogP contribution in [0.2, 0.25) is 0 Å². The minimum absolute atomic E-state index is 0.0991. The Morgan fingerprint density at radius 2 is 1.97 bits per heavy atom. The Morgan fingerprint density at radius 3 is 2.65 bits per heavy atom. The highest BCUT2D eigenvalue weighted by Gasteiger charge is 2.28. The average Bonchev–Trinajstić information content (AvgIpc) is 3.17. The fraction of sp³-hybridized carbons (Fsp3) is 0.583. The number of hydrogen-bond donors (Lipinski definition) is 0. The van der Waals surface area contributed by atoms with Gasteiger partial charge in [0.05, 0.1) is 22.9 Å². The minimum Gasteiger partial charge on any atom is -0.487 e. The number of morpholine rings is 1. The summed E-state index contributed by atoms with van der Waals surface area (Å²) in [7, 11) is 0. The average molecular weight is 444 g/mol. The van der Waals surface area contributed by atoms with Crippen molar-refractivity contribution in [1.82, 2.24) is 14.8 Å². The van der Waals surface area contributed by atoms with Crippen molar-refractivity contribution in [1.29, 1.82) is 0 Å². The van der Waals surface area contributed by atoms with Crippen LogP contribution < -0.4 is 4.74 Å². The maximum Gasteiger partial charge on any atom is 0.253 e. The van der Waals surface area contributed by atoms with E-state index in [1.807, 2.05) is 41.5 Å². The van der Waals surface area contributed by atoms with Gasteiger partial charge in [0.1, 0.15) is 12.4 Å². The molecule has 2 atom stereocenters. The first-order chi connectivity index (χ1) is 15.0. The molecule has 2 aliphatic rings. The van der Waals surface area contributed by atoms with Gasteiger partial charge < -0.3 is 14.4 Å². The summed E-state index contributed by atoms with van der Waals surface area (Å²) >= 11 is 1.62. The van der Waals surface area contributed by atoms with Gasteiger partial charge in [0.2, 0.25) is 0 Å². The Labute approximate surface area is 189 Å². The molecule has 0 spiro atoms. The summed E-state index contributed by atoms with van der Waals surface area (Å²) in [5, 5.41) is 3.04. The van der Waals surface area contributed by atoms with Crippen molar-refractivity contribution < 1.29 is 14.3 Å². The number of carbonyl (C=O) groups is 1. The molecule has 2 aliphatic heterocycles. The molecule has 0 N–H and O–H groups in total. The van der Waals surface area contributed by atoms with Crippen molar-refractivity contribution in [3.8, 4) is 5.75 Å². The lowest BCUT2D eigenvalue weighted by molar-refractivity contribution is -0.0728. The third-order valence-electron chi connectivity index (χ3n) is 6.05. The molecular weight excluding hydrogens is 410 g/mol. The zero-order valence-electron chi connectivity index (χ0n) is 18.8. The predicted molar refractivity (Wildman–Crippen MR) is 123 cm³/mol. The molecule has 31 heavy (non-hydrogen) atoms. The van der Waals surface area contributed by atoms with Crippen molar-refractivity contribution >= 4 is 17.2 Å². The Bertz CT molecular complexity index is 868. The molecular formula is C24H33N3O3S. The van der Waals surface area contributed by atoms with Crippen LogP contribution >= 0.6 is 11.3 Å². The monoisotopic (exact) mass is 443 g/mol. The fourth-order valence-electron chi connectivity index (χ4n) is 4.65. The quantitative estimate of drug-likeness (QED) is 0.676. The van der Waals surface area contributed by atoms with Crippen molar-refractivity contribution in [2.24, 2.45) is 5.92 Å². The van der Waals surface area contributed by atoms with Gasteiger partial charge in [-0.1, -0.05) is 6.07 Å². The SMILES string of the molecule is Cc1nc(COc2cccc(C(=O)N3CCC(CN4CC(C)OC(C)C4)CC3)c2)cs1. The zero-order chi connectivity index (χ0) is 21.8. The molecule has 4 rings (SSSR count). The van der Waals surface area contributed by atoms with Gasteiger partial charge in [0, 0.05) is 43.7 Å². The maximum absolute atomic E-state index is 13.0. The Balaban J connectivity index is 1.27. The van der Waals surface area contributed by atoms with E-state index >= 15 is 0 Å². The van der Waals surface area contributed by atoms with Gasteiger partial charge in [-0.25, -0.2) is 4.98 Å². The number of hydrogen-bond acceptors (Lipinski definition) is 6. The molecule has 0 aliphatic carbocycles. The number of piperidine rings is 1. The lowest BCUT2D eigenvalue weighted by atomic mass is 9.95. The van der Waals surface area contributed by atoms with Crippen molar-refractivity contribution in [3.63, 3.8) is 0 Å². The molecule has 3 heterocycles. The van der Waals surface area contributed by atoms with Crippen LogP contribution in [0.25, 0.3) is 0 Å². The maximum atomic E-state index is 13.0. The second kappa shape index (κ2) is 10.1. The molecule has 1 aromatic heterocycles. The molecule has 2 saturated heterocycles. The standard InChI is InChI=1S/C24H33N3O3S/c1-17-12-26(13-18(2)30-17)14-20-7-9-27(10-8-20)24(28)21-5-4-6-23(11-21)29-15-22-16-31-19(3)25-22/h4-6,11,16-18,20H,7-10,12-15H2,1-3H3. The van der Waals surface area contributed by atoms with Crippen LogP contribution in [-0.4, -0.2) is 65.6 Å². The number of carbonyl (C=O) groups excluding carboxylic acids is 1. The number of nitrogens with zero attached hydrogens (tertiary/aromatic N) is 3. The predicted octanol–water partition coefficient (Wildman–Crippen LogP) is 3.99. The number of aryl methyl sites for hydroxylation is 1. The number of benzene rings is 1. The number of aromatic nitrogens is 1. The lowest BCUT2D eigenvalue weighted by Crippen LogP contribution is -2.48. The van der Waals surface area contributed by atoms with E-state index in [2.05, 4.69) is 23.7 Å². The van der Waals surface area contributed by atoms with Gasteiger partial charge in [-0.15, -0.1) is 11.3 Å². The number of rotatable bonds is 6. The van der Waals surface area contributed by atoms with Crippen molar-refractivity contribution in [3.05, 3.63) is 45.9 Å². The summed E-state index contributed by atoms with van der Waals surface area (Å²) < 4.78 is 11.7. The zero-order valence-corrected chi connectivity index (χ0v) is 19.6. The number of likely N-dealkylation sites (tertiary alicyclic amines) is 1. The highest BCUT2D eigenvalue weighted by Crippen LogP contribution is 2.23. The number of thiazole rings is 1. The van der Waals surface area contributed by atoms with E-state index in [9.17, 15) is 4.79 Å². The highest BCUT2D eigenvalue weighted by molar-refractivity contribution is 7.09. The molecule has 7 heteroatoms. The summed E-state index contributed by atoms with van der Waals surface area (Å²) in [5.41, 5.74) is 1.62. The first-order valence-electron chi connectivity index (χ1n) is 11.3. The third kappa shape index (κ3) is 6.05. The molecule has 0 saturated carbocycles. The largest absolute Gasteiger partial charge is 0.487 e. The van der Waals surface area contributed by atoms with Crippen LogP contribution in [0, 0.1) is 12.8 Å². The van der Waals surface area contributed by atoms with Crippen LogP contribution in [0.5, 0.6) is 5.75 Å². The molecule has 6 nitrogen and oxygen atoms in total. The van der Waals surface area contributed by atoms with E-state index in [1.54, 1.807) is 11.3 Å². The van der Waals surface area contributed by atoms with E-state index in [0.29, 0.717) is 36.0 Å². The molecule has 2 fully saturated rings. The molecule has 0 radical (unpaired) electrons. The van der Waals surface area contributed by atoms with Crippen LogP contribution in [0.3, 0.4) is 0 Å². The van der Waals surface area contributed by atoms with Gasteiger partial charge in [0.25, 0.3) is 5.91 Å². The first kappa shape index (κ1) is 22.2. The van der Waals surface area contributed by atoms with Gasteiger partial charge in [-0.05, 0) is 57.7 Å². The summed E-state index contributed by atoms with van der Waals surface area (Å²) in [6, 6.07) is 7.52. The minimum atomic E-state index is 0.0991. The molecule has 168 valence electrons. The van der Waals surface area contributed by atoms with E-state index in [4.69, 9.17) is 9.47 Å². The van der Waals surface area contributed by atoms with Crippen LogP contribution in [0.15, 0.2) is 29.6 Å². The van der Waals surface area contributed by atoms with Crippen LogP contribution in [0.1, 0.15) is 47.7 Å². The van der Waals surface area contributed by atoms with Gasteiger partial charge in [-0.2, -0.15) is 0 Å². The van der Waals surface area contributed by atoms with E-state index < -0.39 is 0 Å². The Kier molecular flexibility index (Phi) is 7.25. The summed E-state index contributed by atoms with van der Waals surface area (Å²) in [6.45, 7) is 11.5. The Morgan fingerprint density at radius 1 is 1.23 bits per heavy atom. The first-order valence-corrected chi connectivity index (χ1v) is 12.1. The molecule has 1 aromatic carbocycles. The second-order valence-corrected chi connectivity index (χ2v) is 9.95. The van der Waals surface area contributed by atoms with Gasteiger partial charge in [0.15, 0.2) is 0 Å². The highest BCUT2D eigenvalue weighted by atomic mass is 32.1. The fourth-order valence-corrected chi connectivity index (χ4v) is 5.25. The Hall–Kier alpha value is -1.96. The summed E-state index contributed by atoms with van der Waals surface area (Å²) in [5.74, 6) is 1.46. The molecule has 0 bridgehead atoms. The lowest BCUT2D eigenvalue weighted by Gasteiger charge is -2.39. The summed E-state index contributed by atoms with van der Waals surface area (Å²) in [4.78, 5) is 22.0. The molecule has 1 amide bonds. The second-order valence-electron chi connectivity index (χ2n) is 8.89. The normalized spacial score (nSPS) is 23.1.